The fourth-order valence-electron chi connectivity index (χ4n) is 3.49. The predicted molar refractivity (Wildman–Crippen MR) is 91.2 cm³/mol. The third kappa shape index (κ3) is 2.76. The van der Waals surface area contributed by atoms with Crippen LogP contribution in [0.25, 0.3) is 10.9 Å². The molecule has 0 saturated heterocycles. The Morgan fingerprint density at radius 1 is 1.14 bits per heavy atom. The van der Waals surface area contributed by atoms with Crippen LogP contribution in [0.3, 0.4) is 0 Å². The second-order valence-corrected chi connectivity index (χ2v) is 6.43. The molecule has 0 aliphatic heterocycles. The van der Waals surface area contributed by atoms with E-state index in [9.17, 15) is 0 Å². The number of pyridine rings is 1. The summed E-state index contributed by atoms with van der Waals surface area (Å²) in [7, 11) is 0. The molecule has 1 fully saturated rings. The first kappa shape index (κ1) is 14.4. The summed E-state index contributed by atoms with van der Waals surface area (Å²) in [5.41, 5.74) is 6.38. The van der Waals surface area contributed by atoms with Crippen molar-refractivity contribution < 1.29 is 0 Å². The van der Waals surface area contributed by atoms with E-state index in [2.05, 4.69) is 44.3 Å². The number of benzene rings is 1. The molecule has 21 heavy (non-hydrogen) atoms. The van der Waals surface area contributed by atoms with Crippen LogP contribution in [0.2, 0.25) is 0 Å². The van der Waals surface area contributed by atoms with E-state index >= 15 is 0 Å². The van der Waals surface area contributed by atoms with Crippen molar-refractivity contribution in [3.05, 3.63) is 35.0 Å². The Balaban J connectivity index is 2.16. The smallest absolute Gasteiger partial charge is 0.0758 e. The van der Waals surface area contributed by atoms with Gasteiger partial charge in [0.15, 0.2) is 0 Å². The number of fused-ring (bicyclic) bond motifs is 1. The number of hydrogen-bond acceptors (Lipinski definition) is 2. The van der Waals surface area contributed by atoms with Gasteiger partial charge in [-0.25, -0.2) is 0 Å². The van der Waals surface area contributed by atoms with Crippen LogP contribution in [0.5, 0.6) is 0 Å². The monoisotopic (exact) mass is 282 g/mol. The number of rotatable bonds is 4. The zero-order chi connectivity index (χ0) is 14.8. The summed E-state index contributed by atoms with van der Waals surface area (Å²) < 4.78 is 0. The van der Waals surface area contributed by atoms with E-state index in [-0.39, 0.29) is 0 Å². The zero-order valence-electron chi connectivity index (χ0n) is 13.5. The van der Waals surface area contributed by atoms with Crippen LogP contribution in [0.1, 0.15) is 61.8 Å². The highest BCUT2D eigenvalue weighted by Gasteiger charge is 2.20. The second-order valence-electron chi connectivity index (χ2n) is 6.43. The van der Waals surface area contributed by atoms with E-state index in [1.54, 1.807) is 0 Å². The second kappa shape index (κ2) is 6.05. The quantitative estimate of drug-likeness (QED) is 0.819. The van der Waals surface area contributed by atoms with Gasteiger partial charge in [0.1, 0.15) is 0 Å². The molecule has 2 aromatic rings. The molecular formula is C19H26N2. The molecule has 1 aliphatic carbocycles. The lowest BCUT2D eigenvalue weighted by Crippen LogP contribution is -2.05. The fourth-order valence-corrected chi connectivity index (χ4v) is 3.49. The van der Waals surface area contributed by atoms with Crippen molar-refractivity contribution in [3.63, 3.8) is 0 Å². The van der Waals surface area contributed by atoms with Gasteiger partial charge in [0.2, 0.25) is 0 Å². The Kier molecular flexibility index (Phi) is 4.14. The molecule has 1 aromatic carbocycles. The number of anilines is 1. The van der Waals surface area contributed by atoms with Crippen molar-refractivity contribution in [1.29, 1.82) is 0 Å². The van der Waals surface area contributed by atoms with Gasteiger partial charge in [-0.3, -0.25) is 4.98 Å². The molecule has 3 rings (SSSR count). The van der Waals surface area contributed by atoms with Crippen LogP contribution in [0.4, 0.5) is 5.69 Å². The molecule has 0 bridgehead atoms. The highest BCUT2D eigenvalue weighted by atomic mass is 14.9. The van der Waals surface area contributed by atoms with E-state index in [1.165, 1.54) is 59.1 Å². The molecule has 1 saturated carbocycles. The van der Waals surface area contributed by atoms with E-state index in [1.807, 2.05) is 0 Å². The van der Waals surface area contributed by atoms with E-state index < -0.39 is 0 Å². The van der Waals surface area contributed by atoms with Gasteiger partial charge in [-0.1, -0.05) is 31.9 Å². The van der Waals surface area contributed by atoms with E-state index in [0.29, 0.717) is 5.92 Å². The lowest BCUT2D eigenvalue weighted by Gasteiger charge is -2.17. The minimum Gasteiger partial charge on any atom is -0.384 e. The van der Waals surface area contributed by atoms with Crippen LogP contribution >= 0.6 is 0 Å². The predicted octanol–water partition coefficient (Wildman–Crippen LogP) is 5.33. The molecule has 0 spiro atoms. The van der Waals surface area contributed by atoms with Crippen LogP contribution in [0.15, 0.2) is 18.2 Å². The Hall–Kier alpha value is -1.57. The van der Waals surface area contributed by atoms with Gasteiger partial charge < -0.3 is 5.32 Å². The molecule has 2 nitrogen and oxygen atoms in total. The number of nitrogens with one attached hydrogen (secondary N) is 1. The third-order valence-corrected chi connectivity index (χ3v) is 4.73. The molecule has 112 valence electrons. The zero-order valence-corrected chi connectivity index (χ0v) is 13.5. The summed E-state index contributed by atoms with van der Waals surface area (Å²) in [5, 5.41) is 4.94. The van der Waals surface area contributed by atoms with Gasteiger partial charge >= 0.3 is 0 Å². The van der Waals surface area contributed by atoms with Crippen LogP contribution < -0.4 is 5.32 Å². The van der Waals surface area contributed by atoms with E-state index in [0.717, 1.165) is 13.0 Å². The Morgan fingerprint density at radius 2 is 1.86 bits per heavy atom. The molecule has 1 aliphatic rings. The van der Waals surface area contributed by atoms with Crippen molar-refractivity contribution in [2.24, 2.45) is 0 Å². The Labute approximate surface area is 128 Å². The lowest BCUT2D eigenvalue weighted by atomic mass is 9.98. The summed E-state index contributed by atoms with van der Waals surface area (Å²) >= 11 is 0. The van der Waals surface area contributed by atoms with Crippen molar-refractivity contribution in [2.45, 2.75) is 58.8 Å². The maximum atomic E-state index is 5.05. The minimum absolute atomic E-state index is 0.663. The molecular weight excluding hydrogens is 256 g/mol. The summed E-state index contributed by atoms with van der Waals surface area (Å²) in [6.07, 6.45) is 6.46. The number of aromatic nitrogens is 1. The Morgan fingerprint density at radius 3 is 2.57 bits per heavy atom. The summed E-state index contributed by atoms with van der Waals surface area (Å²) in [4.78, 5) is 5.05. The first-order valence-electron chi connectivity index (χ1n) is 8.35. The van der Waals surface area contributed by atoms with Gasteiger partial charge in [0, 0.05) is 29.2 Å². The molecule has 0 radical (unpaired) electrons. The molecule has 1 aromatic heterocycles. The molecule has 0 unspecified atom stereocenters. The molecule has 2 heteroatoms. The van der Waals surface area contributed by atoms with Gasteiger partial charge in [0.05, 0.1) is 5.52 Å². The van der Waals surface area contributed by atoms with Crippen molar-refractivity contribution in [3.8, 4) is 0 Å². The van der Waals surface area contributed by atoms with Crippen molar-refractivity contribution in [1.82, 2.24) is 4.98 Å². The molecule has 0 amide bonds. The lowest BCUT2D eigenvalue weighted by molar-refractivity contribution is 0.701. The molecule has 1 N–H and O–H groups in total. The first-order chi connectivity index (χ1) is 10.2. The summed E-state index contributed by atoms with van der Waals surface area (Å²) in [6.45, 7) is 7.61. The topological polar surface area (TPSA) is 24.9 Å². The Bertz CT molecular complexity index is 640. The van der Waals surface area contributed by atoms with Gasteiger partial charge in [-0.15, -0.1) is 0 Å². The highest BCUT2D eigenvalue weighted by molar-refractivity contribution is 5.96. The maximum absolute atomic E-state index is 5.05. The van der Waals surface area contributed by atoms with Gasteiger partial charge in [-0.2, -0.15) is 0 Å². The van der Waals surface area contributed by atoms with Crippen LogP contribution in [0, 0.1) is 13.8 Å². The number of aryl methyl sites for hydroxylation is 2. The molecule has 0 atom stereocenters. The third-order valence-electron chi connectivity index (χ3n) is 4.73. The average Bonchev–Trinajstić information content (AvgIpc) is 3.02. The summed E-state index contributed by atoms with van der Waals surface area (Å²) in [5.74, 6) is 0.663. The van der Waals surface area contributed by atoms with Crippen LogP contribution in [-0.4, -0.2) is 11.5 Å². The minimum atomic E-state index is 0.663. The largest absolute Gasteiger partial charge is 0.384 e. The highest BCUT2D eigenvalue weighted by Crippen LogP contribution is 2.37. The van der Waals surface area contributed by atoms with Gasteiger partial charge in [-0.05, 0) is 50.3 Å². The SMILES string of the molecule is CCCNc1cc(C2CCCC2)nc2c(C)ccc(C)c12. The maximum Gasteiger partial charge on any atom is 0.0758 e. The average molecular weight is 282 g/mol. The standard InChI is InChI=1S/C19H26N2/c1-4-11-20-17-12-16(15-7-5-6-8-15)21-19-14(3)10-9-13(2)18(17)19/h9-10,12,15H,4-8,11H2,1-3H3,(H,20,21). The number of nitrogens with zero attached hydrogens (tertiary/aromatic N) is 1. The van der Waals surface area contributed by atoms with Crippen LogP contribution in [-0.2, 0) is 0 Å². The van der Waals surface area contributed by atoms with Crippen molar-refractivity contribution in [2.75, 3.05) is 11.9 Å². The first-order valence-corrected chi connectivity index (χ1v) is 8.35. The summed E-state index contributed by atoms with van der Waals surface area (Å²) in [6, 6.07) is 6.73. The van der Waals surface area contributed by atoms with E-state index in [4.69, 9.17) is 4.98 Å². The van der Waals surface area contributed by atoms with Gasteiger partial charge in [0.25, 0.3) is 0 Å². The fraction of sp³-hybridized carbons (Fsp3) is 0.526. The normalized spacial score (nSPS) is 15.8. The number of hydrogen-bond donors (Lipinski definition) is 1. The molecule has 1 heterocycles. The van der Waals surface area contributed by atoms with Crippen molar-refractivity contribution >= 4 is 16.6 Å².